The molecule has 1 aromatic rings. The van der Waals surface area contributed by atoms with Gasteiger partial charge in [0.15, 0.2) is 0 Å². The van der Waals surface area contributed by atoms with Gasteiger partial charge in [-0.2, -0.15) is 0 Å². The third kappa shape index (κ3) is 11.1. The van der Waals surface area contributed by atoms with Crippen molar-refractivity contribution in [2.45, 2.75) is 136 Å². The minimum absolute atomic E-state index is 0.0142. The van der Waals surface area contributed by atoms with Crippen LogP contribution in [0, 0.1) is 23.7 Å². The first-order valence-electron chi connectivity index (χ1n) is 16.2. The lowest BCUT2D eigenvalue weighted by atomic mass is 9.70. The zero-order chi connectivity index (χ0) is 29.1. The molecule has 3 unspecified atom stereocenters. The number of hydrogen-bond acceptors (Lipinski definition) is 5. The first-order chi connectivity index (χ1) is 19.0. The highest BCUT2D eigenvalue weighted by atomic mass is 16.6. The molecule has 5 nitrogen and oxygen atoms in total. The lowest BCUT2D eigenvalue weighted by molar-refractivity contribution is -0.145. The normalized spacial score (nSPS) is 26.2. The van der Waals surface area contributed by atoms with Crippen LogP contribution in [0.25, 0.3) is 0 Å². The van der Waals surface area contributed by atoms with Crippen LogP contribution in [0.5, 0.6) is 0 Å². The van der Waals surface area contributed by atoms with Crippen molar-refractivity contribution < 1.29 is 24.1 Å². The summed E-state index contributed by atoms with van der Waals surface area (Å²) in [6, 6.07) is 8.21. The largest absolute Gasteiger partial charge is 0.463 e. The number of ether oxygens (including phenoxy) is 3. The van der Waals surface area contributed by atoms with E-state index in [0.29, 0.717) is 19.3 Å². The first-order valence-corrected chi connectivity index (χ1v) is 16.2. The molecule has 3 rings (SSSR count). The van der Waals surface area contributed by atoms with Gasteiger partial charge in [-0.1, -0.05) is 65.3 Å². The molecule has 0 aliphatic heterocycles. The van der Waals surface area contributed by atoms with Crippen LogP contribution < -0.4 is 0 Å². The van der Waals surface area contributed by atoms with Gasteiger partial charge in [0, 0.05) is 0 Å². The van der Waals surface area contributed by atoms with Crippen LogP contribution in [0.15, 0.2) is 24.3 Å². The van der Waals surface area contributed by atoms with E-state index in [4.69, 9.17) is 14.2 Å². The second-order valence-corrected chi connectivity index (χ2v) is 13.8. The smallest absolute Gasteiger partial charge is 0.310 e. The number of aliphatic hydroxyl groups excluding tert-OH is 1. The van der Waals surface area contributed by atoms with Crippen LogP contribution in [0.3, 0.4) is 0 Å². The van der Waals surface area contributed by atoms with E-state index in [0.717, 1.165) is 54.9 Å². The van der Waals surface area contributed by atoms with E-state index in [9.17, 15) is 9.90 Å². The van der Waals surface area contributed by atoms with Gasteiger partial charge in [0.1, 0.15) is 6.61 Å². The molecule has 1 N–H and O–H groups in total. The average molecular weight is 559 g/mol. The zero-order valence-electron chi connectivity index (χ0n) is 26.3. The minimum atomic E-state index is -0.218. The molecule has 0 amide bonds. The summed E-state index contributed by atoms with van der Waals surface area (Å²) in [6.07, 6.45) is 12.4. The number of esters is 1. The lowest BCUT2D eigenvalue weighted by Gasteiger charge is -2.37. The molecule has 0 bridgehead atoms. The monoisotopic (exact) mass is 558 g/mol. The maximum absolute atomic E-state index is 12.2. The second kappa shape index (κ2) is 16.3. The van der Waals surface area contributed by atoms with Gasteiger partial charge < -0.3 is 19.3 Å². The summed E-state index contributed by atoms with van der Waals surface area (Å²) in [5.74, 6) is 2.98. The van der Waals surface area contributed by atoms with Crippen LogP contribution in [0.1, 0.15) is 117 Å². The van der Waals surface area contributed by atoms with Gasteiger partial charge in [0.2, 0.25) is 0 Å². The van der Waals surface area contributed by atoms with Gasteiger partial charge in [-0.15, -0.1) is 0 Å². The maximum Gasteiger partial charge on any atom is 0.310 e. The molecule has 2 saturated carbocycles. The molecule has 228 valence electrons. The van der Waals surface area contributed by atoms with Crippen molar-refractivity contribution in [1.82, 2.24) is 0 Å². The van der Waals surface area contributed by atoms with Crippen molar-refractivity contribution in [3.8, 4) is 0 Å². The molecule has 0 heterocycles. The molecule has 0 saturated heterocycles. The fourth-order valence-corrected chi connectivity index (χ4v) is 6.82. The van der Waals surface area contributed by atoms with Crippen LogP contribution in [0.2, 0.25) is 0 Å². The van der Waals surface area contributed by atoms with E-state index >= 15 is 0 Å². The summed E-state index contributed by atoms with van der Waals surface area (Å²) in [5.41, 5.74) is 2.34. The maximum atomic E-state index is 12.2. The molecule has 3 atom stereocenters. The summed E-state index contributed by atoms with van der Waals surface area (Å²) < 4.78 is 17.5. The van der Waals surface area contributed by atoms with Crippen LogP contribution in [-0.2, 0) is 30.8 Å². The highest BCUT2D eigenvalue weighted by Gasteiger charge is 2.31. The third-order valence-corrected chi connectivity index (χ3v) is 9.61. The molecular weight excluding hydrogens is 500 g/mol. The van der Waals surface area contributed by atoms with Crippen molar-refractivity contribution >= 4 is 5.97 Å². The van der Waals surface area contributed by atoms with E-state index in [1.807, 2.05) is 19.1 Å². The predicted molar refractivity (Wildman–Crippen MR) is 162 cm³/mol. The third-order valence-electron chi connectivity index (χ3n) is 9.61. The highest BCUT2D eigenvalue weighted by Crippen LogP contribution is 2.40. The Labute approximate surface area is 244 Å². The van der Waals surface area contributed by atoms with Crippen LogP contribution in [0.4, 0.5) is 0 Å². The van der Waals surface area contributed by atoms with E-state index in [1.54, 1.807) is 0 Å². The van der Waals surface area contributed by atoms with Crippen molar-refractivity contribution in [3.63, 3.8) is 0 Å². The summed E-state index contributed by atoms with van der Waals surface area (Å²) in [5, 5.41) is 9.85. The van der Waals surface area contributed by atoms with Crippen molar-refractivity contribution in [2.75, 3.05) is 19.8 Å². The highest BCUT2D eigenvalue weighted by molar-refractivity contribution is 5.72. The molecule has 2 aliphatic carbocycles. The topological polar surface area (TPSA) is 65.0 Å². The molecule has 0 spiro atoms. The van der Waals surface area contributed by atoms with E-state index in [-0.39, 0.29) is 36.6 Å². The molecule has 0 aromatic heterocycles. The van der Waals surface area contributed by atoms with Crippen LogP contribution >= 0.6 is 0 Å². The number of carbonyl (C=O) groups is 1. The van der Waals surface area contributed by atoms with Crippen molar-refractivity contribution in [3.05, 3.63) is 35.4 Å². The van der Waals surface area contributed by atoms with Crippen molar-refractivity contribution in [1.29, 1.82) is 0 Å². The lowest BCUT2D eigenvalue weighted by Crippen LogP contribution is -2.30. The number of benzene rings is 1. The van der Waals surface area contributed by atoms with Gasteiger partial charge in [0.25, 0.3) is 0 Å². The Morgan fingerprint density at radius 3 is 2.15 bits per heavy atom. The van der Waals surface area contributed by atoms with E-state index < -0.39 is 0 Å². The zero-order valence-corrected chi connectivity index (χ0v) is 26.3. The summed E-state index contributed by atoms with van der Waals surface area (Å²) in [6.45, 7) is 14.7. The number of carbonyl (C=O) groups excluding carboxylic acids is 1. The minimum Gasteiger partial charge on any atom is -0.463 e. The van der Waals surface area contributed by atoms with Gasteiger partial charge in [0.05, 0.1) is 37.9 Å². The summed E-state index contributed by atoms with van der Waals surface area (Å²) >= 11 is 0. The Morgan fingerprint density at radius 1 is 0.925 bits per heavy atom. The Hall–Kier alpha value is -1.43. The molecular formula is C35H58O5. The predicted octanol–water partition coefficient (Wildman–Crippen LogP) is 7.65. The van der Waals surface area contributed by atoms with Gasteiger partial charge in [-0.25, -0.2) is 0 Å². The fourth-order valence-electron chi connectivity index (χ4n) is 6.82. The number of hydrogen-bond donors (Lipinski definition) is 1. The van der Waals surface area contributed by atoms with Gasteiger partial charge in [-0.05, 0) is 105 Å². The Bertz CT molecular complexity index is 844. The Morgan fingerprint density at radius 2 is 1.55 bits per heavy atom. The van der Waals surface area contributed by atoms with Gasteiger partial charge in [-0.3, -0.25) is 4.79 Å². The summed E-state index contributed by atoms with van der Waals surface area (Å²) in [7, 11) is 0. The molecule has 2 fully saturated rings. The van der Waals surface area contributed by atoms with E-state index in [1.165, 1.54) is 44.1 Å². The second-order valence-electron chi connectivity index (χ2n) is 13.8. The first kappa shape index (κ1) is 33.1. The number of rotatable bonds is 14. The SMILES string of the molecule is CCC(CC(C)C1CCC(O)CC1)C1CCC(OCC(C)OCCOC(=O)Cc2ccc(C(C)(C)C)cc2)CC1. The standard InChI is InChI=1S/C35H58O5/c1-7-28(22-25(2)29-10-16-32(36)17-11-29)30-12-18-33(19-13-30)40-24-26(3)38-20-21-39-34(37)23-27-8-14-31(15-9-27)35(4,5)6/h8-9,14-15,25-26,28-30,32-33,36H,7,10-13,16-24H2,1-6H3. The molecule has 0 radical (unpaired) electrons. The van der Waals surface area contributed by atoms with Crippen LogP contribution in [-0.4, -0.2) is 49.2 Å². The molecule has 2 aliphatic rings. The number of aliphatic hydroxyl groups is 1. The average Bonchev–Trinajstić information content (AvgIpc) is 2.93. The van der Waals surface area contributed by atoms with Crippen molar-refractivity contribution in [2.24, 2.45) is 23.7 Å². The fraction of sp³-hybridized carbons (Fsp3) is 0.800. The molecule has 40 heavy (non-hydrogen) atoms. The summed E-state index contributed by atoms with van der Waals surface area (Å²) in [4.78, 5) is 12.2. The van der Waals surface area contributed by atoms with E-state index in [2.05, 4.69) is 46.8 Å². The quantitative estimate of drug-likeness (QED) is 0.188. The Balaban J connectivity index is 1.25. The van der Waals surface area contributed by atoms with Gasteiger partial charge >= 0.3 is 5.97 Å². The molecule has 5 heteroatoms. The molecule has 1 aromatic carbocycles. The Kier molecular flexibility index (Phi) is 13.5.